The Balaban J connectivity index is 1.93. The number of amides is 1. The van der Waals surface area contributed by atoms with Crippen LogP contribution < -0.4 is 10.1 Å². The molecule has 98 valence electrons. The van der Waals surface area contributed by atoms with E-state index in [-0.39, 0.29) is 12.5 Å². The second kappa shape index (κ2) is 6.38. The highest BCUT2D eigenvalue weighted by molar-refractivity contribution is 9.10. The molecule has 2 aromatic rings. The van der Waals surface area contributed by atoms with Crippen LogP contribution in [0.25, 0.3) is 0 Å². The number of aryl methyl sites for hydroxylation is 1. The zero-order valence-electron chi connectivity index (χ0n) is 10.5. The van der Waals surface area contributed by atoms with Crippen molar-refractivity contribution in [3.8, 4) is 5.75 Å². The van der Waals surface area contributed by atoms with Gasteiger partial charge in [-0.1, -0.05) is 24.3 Å². The first-order valence-electron chi connectivity index (χ1n) is 5.89. The Morgan fingerprint density at radius 2 is 1.95 bits per heavy atom. The van der Waals surface area contributed by atoms with Crippen LogP contribution in [-0.2, 0) is 4.79 Å². The van der Waals surface area contributed by atoms with Gasteiger partial charge in [-0.25, -0.2) is 0 Å². The van der Waals surface area contributed by atoms with E-state index in [4.69, 9.17) is 4.74 Å². The van der Waals surface area contributed by atoms with Crippen LogP contribution in [0.5, 0.6) is 5.75 Å². The van der Waals surface area contributed by atoms with Crippen LogP contribution in [0.15, 0.2) is 53.0 Å². The van der Waals surface area contributed by atoms with Crippen LogP contribution in [0.2, 0.25) is 0 Å². The van der Waals surface area contributed by atoms with Gasteiger partial charge in [0.25, 0.3) is 5.91 Å². The Bertz CT molecular complexity index is 570. The molecular weight excluding hydrogens is 306 g/mol. The Morgan fingerprint density at radius 3 is 2.68 bits per heavy atom. The first-order valence-corrected chi connectivity index (χ1v) is 6.68. The highest BCUT2D eigenvalue weighted by Crippen LogP contribution is 2.23. The minimum Gasteiger partial charge on any atom is -0.484 e. The van der Waals surface area contributed by atoms with Crippen molar-refractivity contribution in [2.45, 2.75) is 6.92 Å². The molecule has 19 heavy (non-hydrogen) atoms. The number of carbonyl (C=O) groups excluding carboxylic acids is 1. The van der Waals surface area contributed by atoms with Gasteiger partial charge in [0.1, 0.15) is 5.75 Å². The smallest absolute Gasteiger partial charge is 0.262 e. The molecule has 0 saturated carbocycles. The maximum Gasteiger partial charge on any atom is 0.262 e. The number of carbonyl (C=O) groups is 1. The van der Waals surface area contributed by atoms with Gasteiger partial charge in [-0.2, -0.15) is 0 Å². The van der Waals surface area contributed by atoms with Crippen molar-refractivity contribution in [3.05, 3.63) is 58.6 Å². The van der Waals surface area contributed by atoms with Crippen molar-refractivity contribution in [1.29, 1.82) is 0 Å². The number of hydrogen-bond donors (Lipinski definition) is 1. The molecule has 0 radical (unpaired) electrons. The molecule has 0 aliphatic heterocycles. The minimum atomic E-state index is -0.185. The summed E-state index contributed by atoms with van der Waals surface area (Å²) in [5.74, 6) is 0.496. The van der Waals surface area contributed by atoms with E-state index in [9.17, 15) is 4.79 Å². The van der Waals surface area contributed by atoms with E-state index in [1.807, 2.05) is 55.5 Å². The Labute approximate surface area is 120 Å². The molecule has 0 heterocycles. The lowest BCUT2D eigenvalue weighted by Gasteiger charge is -2.09. The Kier molecular flexibility index (Phi) is 4.58. The summed E-state index contributed by atoms with van der Waals surface area (Å²) in [4.78, 5) is 11.8. The summed E-state index contributed by atoms with van der Waals surface area (Å²) in [5, 5.41) is 2.81. The highest BCUT2D eigenvalue weighted by Gasteiger charge is 2.06. The zero-order valence-corrected chi connectivity index (χ0v) is 12.1. The molecule has 0 spiro atoms. The van der Waals surface area contributed by atoms with Gasteiger partial charge in [-0.3, -0.25) is 4.79 Å². The normalized spacial score (nSPS) is 10.0. The molecular formula is C15H14BrNO2. The lowest BCUT2D eigenvalue weighted by atomic mass is 10.2. The molecule has 0 aliphatic rings. The summed E-state index contributed by atoms with van der Waals surface area (Å²) in [6, 6.07) is 15.0. The first-order chi connectivity index (χ1) is 9.15. The summed E-state index contributed by atoms with van der Waals surface area (Å²) in [6.07, 6.45) is 0. The maximum absolute atomic E-state index is 11.8. The fourth-order valence-electron chi connectivity index (χ4n) is 1.59. The molecule has 1 amide bonds. The summed E-state index contributed by atoms with van der Waals surface area (Å²) >= 11 is 3.40. The molecule has 0 bridgehead atoms. The monoisotopic (exact) mass is 319 g/mol. The predicted molar refractivity (Wildman–Crippen MR) is 79.4 cm³/mol. The zero-order chi connectivity index (χ0) is 13.7. The summed E-state index contributed by atoms with van der Waals surface area (Å²) in [7, 11) is 0. The topological polar surface area (TPSA) is 38.3 Å². The standard InChI is InChI=1S/C15H14BrNO2/c1-11-7-8-13(16)14(9-11)17-15(18)10-19-12-5-3-2-4-6-12/h2-9H,10H2,1H3,(H,17,18). The number of ether oxygens (including phenoxy) is 1. The van der Waals surface area contributed by atoms with Gasteiger partial charge in [0.15, 0.2) is 6.61 Å². The van der Waals surface area contributed by atoms with E-state index in [1.165, 1.54) is 0 Å². The lowest BCUT2D eigenvalue weighted by molar-refractivity contribution is -0.118. The lowest BCUT2D eigenvalue weighted by Crippen LogP contribution is -2.20. The number of para-hydroxylation sites is 1. The minimum absolute atomic E-state index is 0.00953. The molecule has 3 nitrogen and oxygen atoms in total. The van der Waals surface area contributed by atoms with E-state index < -0.39 is 0 Å². The Morgan fingerprint density at radius 1 is 1.21 bits per heavy atom. The van der Waals surface area contributed by atoms with Crippen molar-refractivity contribution < 1.29 is 9.53 Å². The van der Waals surface area contributed by atoms with Crippen molar-refractivity contribution in [2.24, 2.45) is 0 Å². The van der Waals surface area contributed by atoms with E-state index in [0.29, 0.717) is 5.75 Å². The molecule has 4 heteroatoms. The molecule has 0 aromatic heterocycles. The largest absolute Gasteiger partial charge is 0.484 e. The van der Waals surface area contributed by atoms with Crippen molar-refractivity contribution in [1.82, 2.24) is 0 Å². The second-order valence-electron chi connectivity index (χ2n) is 4.13. The third-order valence-electron chi connectivity index (χ3n) is 2.51. The van der Waals surface area contributed by atoms with Gasteiger partial charge >= 0.3 is 0 Å². The summed E-state index contributed by atoms with van der Waals surface area (Å²) in [6.45, 7) is 1.97. The number of halogens is 1. The van der Waals surface area contributed by atoms with Crippen LogP contribution in [0.1, 0.15) is 5.56 Å². The van der Waals surface area contributed by atoms with E-state index in [2.05, 4.69) is 21.2 Å². The number of anilines is 1. The molecule has 0 saturated heterocycles. The fraction of sp³-hybridized carbons (Fsp3) is 0.133. The number of rotatable bonds is 4. The second-order valence-corrected chi connectivity index (χ2v) is 4.99. The molecule has 0 fully saturated rings. The van der Waals surface area contributed by atoms with Crippen LogP contribution in [0.3, 0.4) is 0 Å². The average Bonchev–Trinajstić information content (AvgIpc) is 2.42. The van der Waals surface area contributed by atoms with Gasteiger partial charge in [-0.05, 0) is 52.7 Å². The fourth-order valence-corrected chi connectivity index (χ4v) is 1.93. The highest BCUT2D eigenvalue weighted by atomic mass is 79.9. The summed E-state index contributed by atoms with van der Waals surface area (Å²) in [5.41, 5.74) is 1.84. The van der Waals surface area contributed by atoms with Crippen LogP contribution in [0.4, 0.5) is 5.69 Å². The Hall–Kier alpha value is -1.81. The number of nitrogens with one attached hydrogen (secondary N) is 1. The van der Waals surface area contributed by atoms with Crippen LogP contribution >= 0.6 is 15.9 Å². The third kappa shape index (κ3) is 4.10. The van der Waals surface area contributed by atoms with Crippen LogP contribution in [0, 0.1) is 6.92 Å². The average molecular weight is 320 g/mol. The molecule has 2 aromatic carbocycles. The van der Waals surface area contributed by atoms with Gasteiger partial charge < -0.3 is 10.1 Å². The first kappa shape index (κ1) is 13.6. The van der Waals surface area contributed by atoms with Gasteiger partial charge in [0.05, 0.1) is 5.69 Å². The predicted octanol–water partition coefficient (Wildman–Crippen LogP) is 3.78. The SMILES string of the molecule is Cc1ccc(Br)c(NC(=O)COc2ccccc2)c1. The van der Waals surface area contributed by atoms with E-state index >= 15 is 0 Å². The summed E-state index contributed by atoms with van der Waals surface area (Å²) < 4.78 is 6.24. The van der Waals surface area contributed by atoms with E-state index in [0.717, 1.165) is 15.7 Å². The maximum atomic E-state index is 11.8. The van der Waals surface area contributed by atoms with Gasteiger partial charge in [0, 0.05) is 4.47 Å². The quantitative estimate of drug-likeness (QED) is 0.931. The van der Waals surface area contributed by atoms with Crippen molar-refractivity contribution in [3.63, 3.8) is 0 Å². The van der Waals surface area contributed by atoms with Crippen molar-refractivity contribution in [2.75, 3.05) is 11.9 Å². The van der Waals surface area contributed by atoms with Gasteiger partial charge in [-0.15, -0.1) is 0 Å². The number of hydrogen-bond acceptors (Lipinski definition) is 2. The molecule has 0 unspecified atom stereocenters. The molecule has 2 rings (SSSR count). The van der Waals surface area contributed by atoms with Crippen LogP contribution in [-0.4, -0.2) is 12.5 Å². The molecule has 1 N–H and O–H groups in total. The molecule has 0 aliphatic carbocycles. The van der Waals surface area contributed by atoms with Crippen molar-refractivity contribution >= 4 is 27.5 Å². The third-order valence-corrected chi connectivity index (χ3v) is 3.20. The van der Waals surface area contributed by atoms with Gasteiger partial charge in [0.2, 0.25) is 0 Å². The number of benzene rings is 2. The van der Waals surface area contributed by atoms with E-state index in [1.54, 1.807) is 0 Å². The molecule has 0 atom stereocenters.